The summed E-state index contributed by atoms with van der Waals surface area (Å²) in [5.74, 6) is 0.674. The van der Waals surface area contributed by atoms with Gasteiger partial charge < -0.3 is 26.2 Å². The molecule has 0 spiro atoms. The molecule has 1 aliphatic rings. The molecule has 3 atom stereocenters. The number of aromatic nitrogens is 2. The fourth-order valence-electron chi connectivity index (χ4n) is 5.35. The fourth-order valence-corrected chi connectivity index (χ4v) is 5.35. The molecular formula is C30H31N5O3. The Hall–Kier alpha value is -4.27. The van der Waals surface area contributed by atoms with E-state index < -0.39 is 11.6 Å². The molecule has 0 saturated heterocycles. The molecule has 0 aliphatic heterocycles. The van der Waals surface area contributed by atoms with Gasteiger partial charge in [-0.2, -0.15) is 0 Å². The van der Waals surface area contributed by atoms with Gasteiger partial charge in [0.25, 0.3) is 0 Å². The Balaban J connectivity index is 1.64. The zero-order chi connectivity index (χ0) is 26.4. The minimum absolute atomic E-state index is 0.0802. The lowest BCUT2D eigenvalue weighted by molar-refractivity contribution is -0.105. The lowest BCUT2D eigenvalue weighted by Gasteiger charge is -2.38. The van der Waals surface area contributed by atoms with E-state index in [1.54, 1.807) is 0 Å². The van der Waals surface area contributed by atoms with Gasteiger partial charge in [0, 0.05) is 18.6 Å². The maximum atomic E-state index is 11.7. The molecule has 0 unspecified atom stereocenters. The number of aliphatic hydroxyl groups is 2. The van der Waals surface area contributed by atoms with Crippen molar-refractivity contribution in [3.05, 3.63) is 114 Å². The van der Waals surface area contributed by atoms with Gasteiger partial charge in [-0.25, -0.2) is 9.97 Å². The predicted molar refractivity (Wildman–Crippen MR) is 148 cm³/mol. The maximum absolute atomic E-state index is 11.7. The topological polar surface area (TPSA) is 119 Å². The van der Waals surface area contributed by atoms with Crippen LogP contribution in [-0.4, -0.2) is 45.3 Å². The highest BCUT2D eigenvalue weighted by Gasteiger charge is 2.38. The molecule has 0 radical (unpaired) electrons. The maximum Gasteiger partial charge on any atom is 0.211 e. The molecule has 1 aliphatic carbocycles. The number of hydrogen-bond donors (Lipinski definition) is 5. The molecule has 1 aromatic heterocycles. The molecule has 3 aromatic carbocycles. The molecule has 1 saturated carbocycles. The zero-order valence-electron chi connectivity index (χ0n) is 20.9. The minimum Gasteiger partial charge on any atom is -0.396 e. The Labute approximate surface area is 221 Å². The van der Waals surface area contributed by atoms with Gasteiger partial charge in [0.05, 0.1) is 6.10 Å². The van der Waals surface area contributed by atoms with E-state index in [0.717, 1.165) is 16.7 Å². The van der Waals surface area contributed by atoms with Crippen molar-refractivity contribution in [2.24, 2.45) is 5.92 Å². The van der Waals surface area contributed by atoms with Crippen LogP contribution >= 0.6 is 0 Å². The second-order valence-corrected chi connectivity index (χ2v) is 9.50. The summed E-state index contributed by atoms with van der Waals surface area (Å²) in [7, 11) is 0. The predicted octanol–water partition coefficient (Wildman–Crippen LogP) is 3.99. The Kier molecular flexibility index (Phi) is 7.62. The molecule has 1 heterocycles. The third-order valence-electron chi connectivity index (χ3n) is 7.21. The molecule has 5 N–H and O–H groups in total. The Morgan fingerprint density at radius 1 is 0.816 bits per heavy atom. The number of rotatable bonds is 10. The summed E-state index contributed by atoms with van der Waals surface area (Å²) in [5.41, 5.74) is 2.53. The number of nitrogens with one attached hydrogen (secondary N) is 3. The van der Waals surface area contributed by atoms with Crippen LogP contribution in [0.5, 0.6) is 0 Å². The fraction of sp³-hybridized carbons (Fsp3) is 0.233. The zero-order valence-corrected chi connectivity index (χ0v) is 20.9. The third-order valence-corrected chi connectivity index (χ3v) is 7.21. The van der Waals surface area contributed by atoms with Crippen LogP contribution in [0.3, 0.4) is 0 Å². The number of nitrogens with zero attached hydrogens (tertiary/aromatic N) is 2. The molecule has 8 nitrogen and oxygen atoms in total. The van der Waals surface area contributed by atoms with Crippen molar-refractivity contribution in [1.82, 2.24) is 9.97 Å². The van der Waals surface area contributed by atoms with E-state index >= 15 is 0 Å². The molecule has 194 valence electrons. The first-order valence-corrected chi connectivity index (χ1v) is 12.7. The first-order valence-electron chi connectivity index (χ1n) is 12.7. The van der Waals surface area contributed by atoms with Crippen LogP contribution in [0.25, 0.3) is 0 Å². The van der Waals surface area contributed by atoms with Crippen molar-refractivity contribution in [3.63, 3.8) is 0 Å². The first-order chi connectivity index (χ1) is 18.7. The summed E-state index contributed by atoms with van der Waals surface area (Å²) in [4.78, 5) is 20.7. The van der Waals surface area contributed by atoms with Gasteiger partial charge >= 0.3 is 0 Å². The van der Waals surface area contributed by atoms with Gasteiger partial charge in [-0.05, 0) is 29.5 Å². The number of aliphatic hydroxyl groups excluding tert-OH is 2. The van der Waals surface area contributed by atoms with Gasteiger partial charge in [0.1, 0.15) is 17.6 Å². The number of carbonyl (C=O) groups is 1. The molecule has 0 bridgehead atoms. The highest BCUT2D eigenvalue weighted by molar-refractivity contribution is 5.87. The lowest BCUT2D eigenvalue weighted by Crippen LogP contribution is -2.38. The Morgan fingerprint density at radius 3 is 1.82 bits per heavy atom. The van der Waals surface area contributed by atoms with Crippen LogP contribution in [0.2, 0.25) is 0 Å². The smallest absolute Gasteiger partial charge is 0.211 e. The molecular weight excluding hydrogens is 478 g/mol. The second-order valence-electron chi connectivity index (χ2n) is 9.50. The van der Waals surface area contributed by atoms with Gasteiger partial charge in [-0.1, -0.05) is 91.0 Å². The van der Waals surface area contributed by atoms with Crippen molar-refractivity contribution in [2.45, 2.75) is 30.5 Å². The molecule has 1 fully saturated rings. The van der Waals surface area contributed by atoms with E-state index in [2.05, 4.69) is 62.3 Å². The number of amides is 1. The number of benzene rings is 3. The summed E-state index contributed by atoms with van der Waals surface area (Å²) >= 11 is 0. The Morgan fingerprint density at radius 2 is 1.34 bits per heavy atom. The molecule has 5 rings (SSSR count). The van der Waals surface area contributed by atoms with Crippen LogP contribution < -0.4 is 16.0 Å². The molecule has 1 amide bonds. The van der Waals surface area contributed by atoms with Gasteiger partial charge in [0.15, 0.2) is 11.6 Å². The van der Waals surface area contributed by atoms with Crippen LogP contribution in [0.15, 0.2) is 97.3 Å². The van der Waals surface area contributed by atoms with Crippen LogP contribution in [0.4, 0.5) is 17.3 Å². The highest BCUT2D eigenvalue weighted by atomic mass is 16.3. The van der Waals surface area contributed by atoms with E-state index in [0.29, 0.717) is 36.6 Å². The lowest BCUT2D eigenvalue weighted by atomic mass is 9.77. The third kappa shape index (κ3) is 4.96. The SMILES string of the molecule is O=CNc1c(N[C@@H]2C[C@H](CO)[C@@H](O)C2)ncnc1NC(c1ccccc1)(c1ccccc1)c1ccccc1. The number of carbonyl (C=O) groups excluding carboxylic acids is 1. The van der Waals surface area contributed by atoms with E-state index in [4.69, 9.17) is 0 Å². The monoisotopic (exact) mass is 509 g/mol. The van der Waals surface area contributed by atoms with Crippen molar-refractivity contribution < 1.29 is 15.0 Å². The minimum atomic E-state index is -0.847. The van der Waals surface area contributed by atoms with Crippen LogP contribution in [0, 0.1) is 5.92 Å². The van der Waals surface area contributed by atoms with Crippen LogP contribution in [0.1, 0.15) is 29.5 Å². The van der Waals surface area contributed by atoms with Crippen molar-refractivity contribution in [1.29, 1.82) is 0 Å². The summed E-state index contributed by atoms with van der Waals surface area (Å²) in [6.07, 6.45) is 2.51. The van der Waals surface area contributed by atoms with Crippen molar-refractivity contribution >= 4 is 23.7 Å². The molecule has 38 heavy (non-hydrogen) atoms. The highest BCUT2D eigenvalue weighted by Crippen LogP contribution is 2.42. The van der Waals surface area contributed by atoms with E-state index in [1.165, 1.54) is 6.33 Å². The average molecular weight is 510 g/mol. The summed E-state index contributed by atoms with van der Waals surface area (Å²) in [5, 5.41) is 29.7. The van der Waals surface area contributed by atoms with Gasteiger partial charge in [-0.3, -0.25) is 4.79 Å². The largest absolute Gasteiger partial charge is 0.396 e. The Bertz CT molecular complexity index is 1240. The summed E-state index contributed by atoms with van der Waals surface area (Å²) in [6, 6.07) is 30.2. The van der Waals surface area contributed by atoms with Crippen molar-refractivity contribution in [2.75, 3.05) is 22.6 Å². The second kappa shape index (κ2) is 11.4. The van der Waals surface area contributed by atoms with Gasteiger partial charge in [-0.15, -0.1) is 0 Å². The van der Waals surface area contributed by atoms with E-state index in [-0.39, 0.29) is 18.6 Å². The molecule has 4 aromatic rings. The summed E-state index contributed by atoms with van der Waals surface area (Å²) in [6.45, 7) is -0.0802. The molecule has 8 heteroatoms. The van der Waals surface area contributed by atoms with E-state index in [9.17, 15) is 15.0 Å². The number of anilines is 3. The van der Waals surface area contributed by atoms with Crippen LogP contribution in [-0.2, 0) is 10.3 Å². The normalized spacial score (nSPS) is 19.1. The quantitative estimate of drug-likeness (QED) is 0.162. The standard InChI is InChI=1S/C30H31N5O3/c36-18-21-16-25(17-26(21)38)34-28-27(33-20-37)29(32-19-31-28)35-30(22-10-4-1-5-11-22,23-12-6-2-7-13-23)24-14-8-3-9-15-24/h1-15,19-21,25-26,36,38H,16-18H2,(H,33,37)(H2,31,32,34,35)/t21-,25-,26+/m1/s1. The number of hydrogen-bond acceptors (Lipinski definition) is 7. The average Bonchev–Trinajstić information content (AvgIpc) is 3.33. The summed E-state index contributed by atoms with van der Waals surface area (Å²) < 4.78 is 0. The van der Waals surface area contributed by atoms with Crippen molar-refractivity contribution in [3.8, 4) is 0 Å². The van der Waals surface area contributed by atoms with E-state index in [1.807, 2.05) is 54.6 Å². The first kappa shape index (κ1) is 25.4. The van der Waals surface area contributed by atoms with Gasteiger partial charge in [0.2, 0.25) is 6.41 Å².